The van der Waals surface area contributed by atoms with Gasteiger partial charge in [-0.3, -0.25) is 5.84 Å². The lowest BCUT2D eigenvalue weighted by Crippen LogP contribution is -2.29. The van der Waals surface area contributed by atoms with Crippen molar-refractivity contribution in [1.29, 1.82) is 0 Å². The summed E-state index contributed by atoms with van der Waals surface area (Å²) in [6.45, 7) is 0. The van der Waals surface area contributed by atoms with E-state index in [0.29, 0.717) is 5.02 Å². The average molecular weight is 391 g/mol. The molecule has 0 heterocycles. The molecule has 1 atom stereocenters. The first-order valence-electron chi connectivity index (χ1n) is 5.28. The molecule has 5 heteroatoms. The van der Waals surface area contributed by atoms with Gasteiger partial charge in [-0.2, -0.15) is 0 Å². The van der Waals surface area contributed by atoms with Crippen LogP contribution < -0.4 is 11.3 Å². The lowest BCUT2D eigenvalue weighted by atomic mass is 9.99. The Morgan fingerprint density at radius 3 is 2.33 bits per heavy atom. The van der Waals surface area contributed by atoms with Gasteiger partial charge in [-0.15, -0.1) is 0 Å². The molecule has 0 aliphatic rings. The number of rotatable bonds is 3. The van der Waals surface area contributed by atoms with Gasteiger partial charge in [-0.1, -0.05) is 55.6 Å². The maximum atomic E-state index is 5.89. The summed E-state index contributed by atoms with van der Waals surface area (Å²) in [5.74, 6) is 5.67. The fourth-order valence-corrected chi connectivity index (χ4v) is 2.74. The van der Waals surface area contributed by atoms with Crippen molar-refractivity contribution in [2.45, 2.75) is 6.04 Å². The largest absolute Gasteiger partial charge is 0.271 e. The Kier molecular flexibility index (Phi) is 4.81. The molecular weight excluding hydrogens is 379 g/mol. The third kappa shape index (κ3) is 3.13. The zero-order valence-corrected chi connectivity index (χ0v) is 13.3. The van der Waals surface area contributed by atoms with Crippen LogP contribution in [0.5, 0.6) is 0 Å². The van der Waals surface area contributed by atoms with Crippen molar-refractivity contribution in [2.24, 2.45) is 5.84 Å². The summed E-state index contributed by atoms with van der Waals surface area (Å²) in [5, 5.41) is 0.711. The molecule has 0 saturated carbocycles. The number of hydrazine groups is 1. The van der Waals surface area contributed by atoms with Crippen LogP contribution in [0, 0.1) is 0 Å². The van der Waals surface area contributed by atoms with Gasteiger partial charge in [0.1, 0.15) is 0 Å². The van der Waals surface area contributed by atoms with Gasteiger partial charge in [0, 0.05) is 14.0 Å². The fraction of sp³-hybridized carbons (Fsp3) is 0.0769. The van der Waals surface area contributed by atoms with Crippen molar-refractivity contribution < 1.29 is 0 Å². The Balaban J connectivity index is 2.44. The van der Waals surface area contributed by atoms with Crippen LogP contribution in [0.1, 0.15) is 17.2 Å². The number of hydrogen-bond donors (Lipinski definition) is 2. The topological polar surface area (TPSA) is 38.0 Å². The van der Waals surface area contributed by atoms with E-state index in [2.05, 4.69) is 37.3 Å². The highest BCUT2D eigenvalue weighted by molar-refractivity contribution is 9.11. The number of halogens is 3. The van der Waals surface area contributed by atoms with Crippen LogP contribution in [-0.2, 0) is 0 Å². The molecule has 2 aromatic carbocycles. The Morgan fingerprint density at radius 1 is 1.06 bits per heavy atom. The minimum Gasteiger partial charge on any atom is -0.271 e. The SMILES string of the molecule is NNC(c1ccc(Cl)cc1)c1cc(Br)ccc1Br. The van der Waals surface area contributed by atoms with Crippen molar-refractivity contribution in [3.63, 3.8) is 0 Å². The molecule has 3 N–H and O–H groups in total. The Morgan fingerprint density at radius 2 is 1.72 bits per heavy atom. The maximum Gasteiger partial charge on any atom is 0.0721 e. The highest BCUT2D eigenvalue weighted by atomic mass is 79.9. The van der Waals surface area contributed by atoms with Crippen molar-refractivity contribution >= 4 is 43.5 Å². The molecule has 94 valence electrons. The van der Waals surface area contributed by atoms with Gasteiger partial charge < -0.3 is 0 Å². The van der Waals surface area contributed by atoms with E-state index in [4.69, 9.17) is 17.4 Å². The van der Waals surface area contributed by atoms with E-state index < -0.39 is 0 Å². The van der Waals surface area contributed by atoms with Crippen molar-refractivity contribution in [2.75, 3.05) is 0 Å². The summed E-state index contributed by atoms with van der Waals surface area (Å²) in [4.78, 5) is 0. The second kappa shape index (κ2) is 6.17. The monoisotopic (exact) mass is 388 g/mol. The molecule has 0 aliphatic carbocycles. The van der Waals surface area contributed by atoms with Gasteiger partial charge in [0.2, 0.25) is 0 Å². The first-order valence-corrected chi connectivity index (χ1v) is 7.25. The molecule has 0 amide bonds. The van der Waals surface area contributed by atoms with E-state index in [9.17, 15) is 0 Å². The molecule has 0 radical (unpaired) electrons. The van der Waals surface area contributed by atoms with E-state index in [1.54, 1.807) is 0 Å². The first kappa shape index (κ1) is 14.0. The molecule has 0 fully saturated rings. The minimum atomic E-state index is -0.0888. The minimum absolute atomic E-state index is 0.0888. The van der Waals surface area contributed by atoms with Crippen molar-refractivity contribution in [3.8, 4) is 0 Å². The zero-order valence-electron chi connectivity index (χ0n) is 9.33. The van der Waals surface area contributed by atoms with Crippen LogP contribution in [0.2, 0.25) is 5.02 Å². The van der Waals surface area contributed by atoms with E-state index in [1.807, 2.05) is 42.5 Å². The molecule has 2 nitrogen and oxygen atoms in total. The summed E-state index contributed by atoms with van der Waals surface area (Å²) in [6, 6.07) is 13.5. The molecule has 1 unspecified atom stereocenters. The number of hydrogen-bond acceptors (Lipinski definition) is 2. The molecular formula is C13H11Br2ClN2. The van der Waals surface area contributed by atoms with Crippen LogP contribution in [0.4, 0.5) is 0 Å². The van der Waals surface area contributed by atoms with Gasteiger partial charge in [0.05, 0.1) is 6.04 Å². The summed E-state index contributed by atoms with van der Waals surface area (Å²) < 4.78 is 2.01. The van der Waals surface area contributed by atoms with Gasteiger partial charge in [-0.05, 0) is 41.5 Å². The van der Waals surface area contributed by atoms with Crippen molar-refractivity contribution in [3.05, 3.63) is 67.6 Å². The summed E-state index contributed by atoms with van der Waals surface area (Å²) >= 11 is 12.9. The number of nitrogens with two attached hydrogens (primary N) is 1. The van der Waals surface area contributed by atoms with Gasteiger partial charge in [0.25, 0.3) is 0 Å². The Bertz CT molecular complexity index is 543. The second-order valence-corrected chi connectivity index (χ2v) is 6.02. The molecule has 2 rings (SSSR count). The van der Waals surface area contributed by atoms with E-state index in [0.717, 1.165) is 20.1 Å². The maximum absolute atomic E-state index is 5.89. The summed E-state index contributed by atoms with van der Waals surface area (Å²) in [6.07, 6.45) is 0. The van der Waals surface area contributed by atoms with Gasteiger partial charge in [-0.25, -0.2) is 5.43 Å². The average Bonchev–Trinajstić information content (AvgIpc) is 2.37. The number of benzene rings is 2. The molecule has 0 spiro atoms. The van der Waals surface area contributed by atoms with Gasteiger partial charge in [0.15, 0.2) is 0 Å². The molecule has 18 heavy (non-hydrogen) atoms. The van der Waals surface area contributed by atoms with Crippen LogP contribution >= 0.6 is 43.5 Å². The lowest BCUT2D eigenvalue weighted by Gasteiger charge is -2.18. The predicted octanol–water partition coefficient (Wildman–Crippen LogP) is 4.42. The zero-order chi connectivity index (χ0) is 13.1. The highest BCUT2D eigenvalue weighted by Gasteiger charge is 2.15. The quantitative estimate of drug-likeness (QED) is 0.602. The third-order valence-electron chi connectivity index (χ3n) is 2.64. The second-order valence-electron chi connectivity index (χ2n) is 3.82. The summed E-state index contributed by atoms with van der Waals surface area (Å²) in [5.41, 5.74) is 4.95. The predicted molar refractivity (Wildman–Crippen MR) is 82.5 cm³/mol. The first-order chi connectivity index (χ1) is 8.61. The molecule has 0 saturated heterocycles. The van der Waals surface area contributed by atoms with Crippen molar-refractivity contribution in [1.82, 2.24) is 5.43 Å². The van der Waals surface area contributed by atoms with Crippen LogP contribution in [0.3, 0.4) is 0 Å². The Hall–Kier alpha value is -0.390. The molecule has 0 aromatic heterocycles. The highest BCUT2D eigenvalue weighted by Crippen LogP contribution is 2.31. The van der Waals surface area contributed by atoms with E-state index in [-0.39, 0.29) is 6.04 Å². The summed E-state index contributed by atoms with van der Waals surface area (Å²) in [7, 11) is 0. The molecule has 0 aliphatic heterocycles. The molecule has 0 bridgehead atoms. The van der Waals surface area contributed by atoms with Crippen LogP contribution in [0.25, 0.3) is 0 Å². The standard InChI is InChI=1S/C13H11Br2ClN2/c14-9-3-6-12(15)11(7-9)13(18-17)8-1-4-10(16)5-2-8/h1-7,13,18H,17H2. The lowest BCUT2D eigenvalue weighted by molar-refractivity contribution is 0.634. The Labute approximate surface area is 128 Å². The van der Waals surface area contributed by atoms with Crippen LogP contribution in [-0.4, -0.2) is 0 Å². The third-order valence-corrected chi connectivity index (χ3v) is 4.11. The molecule has 2 aromatic rings. The van der Waals surface area contributed by atoms with Crippen LogP contribution in [0.15, 0.2) is 51.4 Å². The van der Waals surface area contributed by atoms with Gasteiger partial charge >= 0.3 is 0 Å². The van der Waals surface area contributed by atoms with E-state index in [1.165, 1.54) is 0 Å². The normalized spacial score (nSPS) is 12.4. The smallest absolute Gasteiger partial charge is 0.0721 e. The number of nitrogens with one attached hydrogen (secondary N) is 1. The van der Waals surface area contributed by atoms with E-state index >= 15 is 0 Å². The fourth-order valence-electron chi connectivity index (χ4n) is 1.76.